The van der Waals surface area contributed by atoms with Gasteiger partial charge in [0, 0.05) is 23.2 Å². The number of nitrogens with one attached hydrogen (secondary N) is 1. The van der Waals surface area contributed by atoms with Gasteiger partial charge in [-0.15, -0.1) is 11.3 Å². The van der Waals surface area contributed by atoms with E-state index in [1.54, 1.807) is 0 Å². The Morgan fingerprint density at radius 1 is 1.39 bits per heavy atom. The van der Waals surface area contributed by atoms with Crippen LogP contribution in [0.5, 0.6) is 0 Å². The third-order valence-corrected chi connectivity index (χ3v) is 4.92. The molecule has 1 aliphatic rings. The van der Waals surface area contributed by atoms with E-state index in [1.165, 1.54) is 11.3 Å². The molecule has 7 nitrogen and oxygen atoms in total. The molecule has 2 heterocycles. The molecule has 0 spiro atoms. The number of hydrogen-bond donors (Lipinski definition) is 3. The van der Waals surface area contributed by atoms with Crippen LogP contribution < -0.4 is 16.8 Å². The molecule has 122 valence electrons. The van der Waals surface area contributed by atoms with Crippen molar-refractivity contribution in [1.82, 2.24) is 9.78 Å². The van der Waals surface area contributed by atoms with Gasteiger partial charge in [0.05, 0.1) is 11.3 Å². The van der Waals surface area contributed by atoms with Crippen LogP contribution in [0.2, 0.25) is 0 Å². The van der Waals surface area contributed by atoms with E-state index in [4.69, 9.17) is 11.5 Å². The van der Waals surface area contributed by atoms with Crippen molar-refractivity contribution in [3.63, 3.8) is 0 Å². The molecule has 0 aliphatic heterocycles. The molecule has 3 amide bonds. The highest BCUT2D eigenvalue weighted by Crippen LogP contribution is 2.44. The van der Waals surface area contributed by atoms with Gasteiger partial charge in [-0.05, 0) is 24.3 Å². The first-order valence-electron chi connectivity index (χ1n) is 7.45. The first kappa shape index (κ1) is 15.5. The van der Waals surface area contributed by atoms with Crippen molar-refractivity contribution < 1.29 is 9.59 Å². The first-order valence-corrected chi connectivity index (χ1v) is 8.27. The van der Waals surface area contributed by atoms with Crippen LogP contribution in [0.3, 0.4) is 0 Å². The van der Waals surface area contributed by atoms with Crippen LogP contribution in [0.4, 0.5) is 9.80 Å². The lowest BCUT2D eigenvalue weighted by Gasteiger charge is -2.11. The average Bonchev–Trinajstić information content (AvgIpc) is 2.96. The number of rotatable bonds is 4. The minimum atomic E-state index is -0.707. The fourth-order valence-corrected chi connectivity index (χ4v) is 4.22. The van der Waals surface area contributed by atoms with Gasteiger partial charge in [-0.3, -0.25) is 14.8 Å². The number of carbonyl (C=O) groups excluding carboxylic acids is 2. The summed E-state index contributed by atoms with van der Waals surface area (Å²) in [5, 5.41) is 7.56. The summed E-state index contributed by atoms with van der Waals surface area (Å²) in [5.74, 6) is -0.0586. The number of nitrogens with zero attached hydrogens (tertiary/aromatic N) is 2. The lowest BCUT2D eigenvalue weighted by atomic mass is 9.94. The summed E-state index contributed by atoms with van der Waals surface area (Å²) < 4.78 is 1.94. The minimum Gasteiger partial charge on any atom is -0.365 e. The van der Waals surface area contributed by atoms with Gasteiger partial charge in [0.15, 0.2) is 0 Å². The van der Waals surface area contributed by atoms with Crippen LogP contribution in [-0.2, 0) is 19.4 Å². The third kappa shape index (κ3) is 2.81. The zero-order valence-corrected chi connectivity index (χ0v) is 13.9. The van der Waals surface area contributed by atoms with Crippen molar-refractivity contribution >= 4 is 28.3 Å². The van der Waals surface area contributed by atoms with E-state index in [0.29, 0.717) is 22.9 Å². The molecule has 0 bridgehead atoms. The van der Waals surface area contributed by atoms with Crippen LogP contribution in [0.15, 0.2) is 6.20 Å². The SMILES string of the molecule is CC(C)Cn1cc2c(n1)CCc1c-2sc(NC(N)=O)c1C(N)=O. The van der Waals surface area contributed by atoms with Crippen LogP contribution in [0.1, 0.15) is 35.5 Å². The molecule has 2 aromatic heterocycles. The maximum absolute atomic E-state index is 11.8. The second kappa shape index (κ2) is 5.69. The smallest absolute Gasteiger partial charge is 0.317 e. The molecule has 0 aromatic carbocycles. The topological polar surface area (TPSA) is 116 Å². The number of urea groups is 1. The highest BCUT2D eigenvalue weighted by atomic mass is 32.1. The van der Waals surface area contributed by atoms with Crippen molar-refractivity contribution in [2.75, 3.05) is 5.32 Å². The Bertz CT molecular complexity index is 790. The zero-order valence-electron chi connectivity index (χ0n) is 13.0. The van der Waals surface area contributed by atoms with Gasteiger partial charge in [0.25, 0.3) is 5.91 Å². The Labute approximate surface area is 137 Å². The molecule has 0 saturated carbocycles. The highest BCUT2D eigenvalue weighted by molar-refractivity contribution is 7.20. The van der Waals surface area contributed by atoms with E-state index in [2.05, 4.69) is 24.3 Å². The van der Waals surface area contributed by atoms with Gasteiger partial charge >= 0.3 is 6.03 Å². The molecular weight excluding hydrogens is 314 g/mol. The number of anilines is 1. The second-order valence-electron chi connectivity index (χ2n) is 6.07. The lowest BCUT2D eigenvalue weighted by molar-refractivity contribution is 0.100. The van der Waals surface area contributed by atoms with Gasteiger partial charge in [0.1, 0.15) is 5.00 Å². The summed E-state index contributed by atoms with van der Waals surface area (Å²) in [4.78, 5) is 23.9. The number of aryl methyl sites for hydroxylation is 1. The molecule has 23 heavy (non-hydrogen) atoms. The van der Waals surface area contributed by atoms with Gasteiger partial charge in [-0.2, -0.15) is 5.10 Å². The summed E-state index contributed by atoms with van der Waals surface area (Å²) in [7, 11) is 0. The van der Waals surface area contributed by atoms with Gasteiger partial charge < -0.3 is 11.5 Å². The first-order chi connectivity index (χ1) is 10.9. The van der Waals surface area contributed by atoms with Crippen molar-refractivity contribution in [1.29, 1.82) is 0 Å². The van der Waals surface area contributed by atoms with E-state index < -0.39 is 11.9 Å². The van der Waals surface area contributed by atoms with Gasteiger partial charge in [0.2, 0.25) is 0 Å². The Balaban J connectivity index is 2.09. The van der Waals surface area contributed by atoms with Crippen molar-refractivity contribution in [3.05, 3.63) is 23.0 Å². The number of amides is 3. The summed E-state index contributed by atoms with van der Waals surface area (Å²) in [6.07, 6.45) is 3.43. The maximum Gasteiger partial charge on any atom is 0.317 e. The van der Waals surface area contributed by atoms with E-state index in [1.807, 2.05) is 10.9 Å². The Hall–Kier alpha value is -2.35. The molecule has 0 unspecified atom stereocenters. The van der Waals surface area contributed by atoms with E-state index >= 15 is 0 Å². The van der Waals surface area contributed by atoms with Crippen LogP contribution in [0, 0.1) is 5.92 Å². The number of thiophene rings is 1. The minimum absolute atomic E-state index is 0.367. The summed E-state index contributed by atoms with van der Waals surface area (Å²) >= 11 is 1.33. The molecule has 0 saturated heterocycles. The van der Waals surface area contributed by atoms with Crippen molar-refractivity contribution in [2.24, 2.45) is 17.4 Å². The summed E-state index contributed by atoms with van der Waals surface area (Å²) in [6, 6.07) is -0.707. The Kier molecular flexibility index (Phi) is 3.85. The number of primary amides is 2. The van der Waals surface area contributed by atoms with Crippen molar-refractivity contribution in [2.45, 2.75) is 33.2 Å². The van der Waals surface area contributed by atoms with Gasteiger partial charge in [-0.25, -0.2) is 4.79 Å². The molecular formula is C15H19N5O2S. The molecule has 0 atom stereocenters. The molecule has 3 rings (SSSR count). The third-order valence-electron chi connectivity index (χ3n) is 3.74. The number of hydrogen-bond acceptors (Lipinski definition) is 4. The maximum atomic E-state index is 11.8. The zero-order chi connectivity index (χ0) is 16.7. The van der Waals surface area contributed by atoms with Crippen molar-refractivity contribution in [3.8, 4) is 10.4 Å². The monoisotopic (exact) mass is 333 g/mol. The molecule has 2 aromatic rings. The van der Waals surface area contributed by atoms with Crippen LogP contribution in [-0.4, -0.2) is 21.7 Å². The average molecular weight is 333 g/mol. The normalized spacial score (nSPS) is 12.8. The quantitative estimate of drug-likeness (QED) is 0.794. The molecule has 0 radical (unpaired) electrons. The molecule has 8 heteroatoms. The fraction of sp³-hybridized carbons (Fsp3) is 0.400. The van der Waals surface area contributed by atoms with E-state index in [-0.39, 0.29) is 0 Å². The number of aromatic nitrogens is 2. The number of nitrogens with two attached hydrogens (primary N) is 2. The highest BCUT2D eigenvalue weighted by Gasteiger charge is 2.29. The standard InChI is InChI=1S/C15H19N5O2S/c1-7(2)5-20-6-9-10(19-20)4-3-8-11(13(16)21)14(18-15(17)22)23-12(8)9/h6-7H,3-5H2,1-2H3,(H2,16,21)(H3,17,18,22). The summed E-state index contributed by atoms with van der Waals surface area (Å²) in [5.41, 5.74) is 14.0. The summed E-state index contributed by atoms with van der Waals surface area (Å²) in [6.45, 7) is 5.11. The number of fused-ring (bicyclic) bond motifs is 3. The molecule has 5 N–H and O–H groups in total. The van der Waals surface area contributed by atoms with Gasteiger partial charge in [-0.1, -0.05) is 13.8 Å². The molecule has 0 fully saturated rings. The van der Waals surface area contributed by atoms with E-state index in [9.17, 15) is 9.59 Å². The predicted octanol–water partition coefficient (Wildman–Crippen LogP) is 1.96. The van der Waals surface area contributed by atoms with Crippen LogP contribution in [0.25, 0.3) is 10.4 Å². The lowest BCUT2D eigenvalue weighted by Crippen LogP contribution is -2.22. The largest absolute Gasteiger partial charge is 0.365 e. The Morgan fingerprint density at radius 3 is 2.74 bits per heavy atom. The Morgan fingerprint density at radius 2 is 2.13 bits per heavy atom. The van der Waals surface area contributed by atoms with E-state index in [0.717, 1.165) is 34.7 Å². The second-order valence-corrected chi connectivity index (χ2v) is 7.09. The predicted molar refractivity (Wildman–Crippen MR) is 89.5 cm³/mol. The fourth-order valence-electron chi connectivity index (χ4n) is 2.93. The number of carbonyl (C=O) groups is 2. The molecule has 1 aliphatic carbocycles. The van der Waals surface area contributed by atoms with Crippen LogP contribution >= 0.6 is 11.3 Å².